The van der Waals surface area contributed by atoms with Crippen LogP contribution in [-0.4, -0.2) is 9.55 Å². The molecule has 0 bridgehead atoms. The third-order valence-electron chi connectivity index (χ3n) is 3.27. The molecular weight excluding hydrogens is 282 g/mol. The first-order valence-corrected chi connectivity index (χ1v) is 7.12. The molecule has 0 N–H and O–H groups in total. The summed E-state index contributed by atoms with van der Waals surface area (Å²) in [7, 11) is 0. The zero-order valence-electron chi connectivity index (χ0n) is 12.2. The van der Waals surface area contributed by atoms with E-state index in [1.165, 1.54) is 6.07 Å². The number of rotatable bonds is 3. The molecule has 0 fully saturated rings. The molecule has 1 atom stereocenters. The zero-order valence-corrected chi connectivity index (χ0v) is 12.9. The van der Waals surface area contributed by atoms with E-state index in [1.54, 1.807) is 11.5 Å². The minimum Gasteiger partial charge on any atom is -0.324 e. The Hall–Kier alpha value is -1.16. The van der Waals surface area contributed by atoms with Gasteiger partial charge in [-0.3, -0.25) is 0 Å². The van der Waals surface area contributed by atoms with Gasteiger partial charge in [0.15, 0.2) is 11.6 Å². The van der Waals surface area contributed by atoms with Crippen molar-refractivity contribution in [2.24, 2.45) is 5.41 Å². The van der Waals surface area contributed by atoms with E-state index in [0.717, 1.165) is 12.5 Å². The number of halogens is 3. The summed E-state index contributed by atoms with van der Waals surface area (Å²) in [5.41, 5.74) is 0.741. The molecule has 0 saturated heterocycles. The van der Waals surface area contributed by atoms with Crippen molar-refractivity contribution in [2.45, 2.75) is 46.0 Å². The zero-order chi connectivity index (χ0) is 15.1. The van der Waals surface area contributed by atoms with Crippen molar-refractivity contribution in [1.82, 2.24) is 9.55 Å². The van der Waals surface area contributed by atoms with Crippen molar-refractivity contribution >= 4 is 22.6 Å². The molecule has 0 radical (unpaired) electrons. The van der Waals surface area contributed by atoms with Crippen LogP contribution in [0.15, 0.2) is 12.1 Å². The summed E-state index contributed by atoms with van der Waals surface area (Å²) in [6, 6.07) is 2.59. The van der Waals surface area contributed by atoms with Crippen LogP contribution in [-0.2, 0) is 6.54 Å². The highest BCUT2D eigenvalue weighted by molar-refractivity contribution is 6.20. The Balaban J connectivity index is 2.58. The van der Waals surface area contributed by atoms with E-state index >= 15 is 0 Å². The van der Waals surface area contributed by atoms with Crippen LogP contribution in [0.1, 0.15) is 45.3 Å². The van der Waals surface area contributed by atoms with Gasteiger partial charge in [-0.2, -0.15) is 0 Å². The van der Waals surface area contributed by atoms with E-state index in [1.807, 2.05) is 0 Å². The van der Waals surface area contributed by atoms with E-state index in [9.17, 15) is 8.78 Å². The lowest BCUT2D eigenvalue weighted by Gasteiger charge is -2.20. The van der Waals surface area contributed by atoms with Crippen LogP contribution in [0.5, 0.6) is 0 Å². The normalized spacial score (nSPS) is 13.9. The Kier molecular flexibility index (Phi) is 4.05. The maximum Gasteiger partial charge on any atom is 0.184 e. The van der Waals surface area contributed by atoms with E-state index in [4.69, 9.17) is 11.6 Å². The van der Waals surface area contributed by atoms with Gasteiger partial charge in [0.25, 0.3) is 0 Å². The minimum absolute atomic E-state index is 0.0905. The number of imidazole rings is 1. The first kappa shape index (κ1) is 15.2. The fourth-order valence-electron chi connectivity index (χ4n) is 2.15. The smallest absolute Gasteiger partial charge is 0.184 e. The quantitative estimate of drug-likeness (QED) is 0.725. The topological polar surface area (TPSA) is 17.8 Å². The minimum atomic E-state index is -0.858. The van der Waals surface area contributed by atoms with E-state index in [2.05, 4.69) is 25.8 Å². The molecule has 20 heavy (non-hydrogen) atoms. The van der Waals surface area contributed by atoms with Gasteiger partial charge in [0.1, 0.15) is 11.3 Å². The molecule has 1 aromatic carbocycles. The Bertz CT molecular complexity index is 627. The predicted octanol–water partition coefficient (Wildman–Crippen LogP) is 5.05. The van der Waals surface area contributed by atoms with Crippen molar-refractivity contribution in [3.05, 3.63) is 29.6 Å². The molecule has 5 heteroatoms. The molecule has 2 rings (SSSR count). The third kappa shape index (κ3) is 2.95. The molecule has 0 aliphatic carbocycles. The number of nitrogens with zero attached hydrogens (tertiary/aromatic N) is 2. The van der Waals surface area contributed by atoms with Crippen LogP contribution in [0.4, 0.5) is 8.78 Å². The van der Waals surface area contributed by atoms with Gasteiger partial charge in [0, 0.05) is 6.54 Å². The van der Waals surface area contributed by atoms with Crippen LogP contribution in [0.25, 0.3) is 11.0 Å². The van der Waals surface area contributed by atoms with Gasteiger partial charge in [-0.15, -0.1) is 11.6 Å². The highest BCUT2D eigenvalue weighted by Crippen LogP contribution is 2.29. The highest BCUT2D eigenvalue weighted by Gasteiger charge is 2.21. The second-order valence-electron chi connectivity index (χ2n) is 6.28. The number of fused-ring (bicyclic) bond motifs is 1. The van der Waals surface area contributed by atoms with Crippen molar-refractivity contribution < 1.29 is 8.78 Å². The van der Waals surface area contributed by atoms with Crippen molar-refractivity contribution in [3.8, 4) is 0 Å². The fraction of sp³-hybridized carbons (Fsp3) is 0.533. The van der Waals surface area contributed by atoms with Crippen LogP contribution in [0, 0.1) is 17.0 Å². The Labute approximate surface area is 122 Å². The van der Waals surface area contributed by atoms with Crippen LogP contribution >= 0.6 is 11.6 Å². The SMILES string of the molecule is CC(Cl)c1nc2ccc(F)c(F)c2n1CCC(C)(C)C. The number of alkyl halides is 1. The molecule has 1 aromatic heterocycles. The third-order valence-corrected chi connectivity index (χ3v) is 3.47. The maximum atomic E-state index is 14.1. The van der Waals surface area contributed by atoms with E-state index < -0.39 is 11.6 Å². The van der Waals surface area contributed by atoms with Crippen LogP contribution < -0.4 is 0 Å². The molecule has 2 nitrogen and oxygen atoms in total. The van der Waals surface area contributed by atoms with Crippen LogP contribution in [0.3, 0.4) is 0 Å². The lowest BCUT2D eigenvalue weighted by Crippen LogP contribution is -2.13. The average Bonchev–Trinajstić information content (AvgIpc) is 2.70. The predicted molar refractivity (Wildman–Crippen MR) is 78.0 cm³/mol. The molecule has 2 aromatic rings. The first-order valence-electron chi connectivity index (χ1n) is 6.69. The molecule has 0 saturated carbocycles. The Morgan fingerprint density at radius 2 is 1.95 bits per heavy atom. The summed E-state index contributed by atoms with van der Waals surface area (Å²) < 4.78 is 29.2. The van der Waals surface area contributed by atoms with Crippen molar-refractivity contribution in [2.75, 3.05) is 0 Å². The molecule has 1 unspecified atom stereocenters. The van der Waals surface area contributed by atoms with Gasteiger partial charge in [-0.1, -0.05) is 20.8 Å². The average molecular weight is 301 g/mol. The van der Waals surface area contributed by atoms with Gasteiger partial charge >= 0.3 is 0 Å². The molecule has 0 aliphatic heterocycles. The number of hydrogen-bond donors (Lipinski definition) is 0. The van der Waals surface area contributed by atoms with Crippen LogP contribution in [0.2, 0.25) is 0 Å². The molecule has 110 valence electrons. The van der Waals surface area contributed by atoms with Gasteiger partial charge in [0.2, 0.25) is 0 Å². The molecular formula is C15H19ClF2N2. The van der Waals surface area contributed by atoms with Crippen molar-refractivity contribution in [3.63, 3.8) is 0 Å². The number of benzene rings is 1. The van der Waals surface area contributed by atoms with Gasteiger partial charge in [-0.05, 0) is 30.9 Å². The summed E-state index contributed by atoms with van der Waals surface area (Å²) in [4.78, 5) is 4.34. The van der Waals surface area contributed by atoms with Gasteiger partial charge in [-0.25, -0.2) is 13.8 Å². The monoisotopic (exact) mass is 300 g/mol. The molecule has 1 heterocycles. The van der Waals surface area contributed by atoms with Crippen molar-refractivity contribution in [1.29, 1.82) is 0 Å². The molecule has 0 amide bonds. The van der Waals surface area contributed by atoms with E-state index in [-0.39, 0.29) is 16.3 Å². The number of aryl methyl sites for hydroxylation is 1. The largest absolute Gasteiger partial charge is 0.324 e. The summed E-state index contributed by atoms with van der Waals surface area (Å²) in [6.07, 6.45) is 0.824. The van der Waals surface area contributed by atoms with E-state index in [0.29, 0.717) is 17.9 Å². The standard InChI is InChI=1S/C15H19ClF2N2/c1-9(16)14-19-11-6-5-10(17)12(18)13(11)20(14)8-7-15(2,3)4/h5-6,9H,7-8H2,1-4H3. The summed E-state index contributed by atoms with van der Waals surface area (Å²) in [5, 5.41) is -0.357. The van der Waals surface area contributed by atoms with Gasteiger partial charge < -0.3 is 4.57 Å². The maximum absolute atomic E-state index is 14.1. The summed E-state index contributed by atoms with van der Waals surface area (Å²) >= 11 is 6.12. The number of hydrogen-bond acceptors (Lipinski definition) is 1. The summed E-state index contributed by atoms with van der Waals surface area (Å²) in [6.45, 7) is 8.66. The molecule has 0 spiro atoms. The lowest BCUT2D eigenvalue weighted by molar-refractivity contribution is 0.349. The second-order valence-corrected chi connectivity index (χ2v) is 6.93. The highest BCUT2D eigenvalue weighted by atomic mass is 35.5. The first-order chi connectivity index (χ1) is 9.20. The number of aromatic nitrogens is 2. The Morgan fingerprint density at radius 1 is 1.30 bits per heavy atom. The fourth-order valence-corrected chi connectivity index (χ4v) is 2.32. The summed E-state index contributed by atoms with van der Waals surface area (Å²) in [5.74, 6) is -1.13. The Morgan fingerprint density at radius 3 is 2.50 bits per heavy atom. The lowest BCUT2D eigenvalue weighted by atomic mass is 9.92. The molecule has 0 aliphatic rings. The van der Waals surface area contributed by atoms with Gasteiger partial charge in [0.05, 0.1) is 10.9 Å². The second kappa shape index (κ2) is 5.32.